The summed E-state index contributed by atoms with van der Waals surface area (Å²) in [5.41, 5.74) is 1.28. The highest BCUT2D eigenvalue weighted by Gasteiger charge is 2.30. The first-order valence-corrected chi connectivity index (χ1v) is 9.85. The fourth-order valence-corrected chi connectivity index (χ4v) is 1.92. The van der Waals surface area contributed by atoms with Gasteiger partial charge in [-0.3, -0.25) is 9.59 Å². The van der Waals surface area contributed by atoms with Crippen molar-refractivity contribution < 1.29 is 22.8 Å². The molecular weight excluding hydrogens is 417 g/mol. The lowest BCUT2D eigenvalue weighted by atomic mass is 10.1. The van der Waals surface area contributed by atoms with Crippen LogP contribution in [0.25, 0.3) is 0 Å². The summed E-state index contributed by atoms with van der Waals surface area (Å²) in [5, 5.41) is 5.60. The van der Waals surface area contributed by atoms with Crippen molar-refractivity contribution in [3.05, 3.63) is 70.2 Å². The van der Waals surface area contributed by atoms with Gasteiger partial charge >= 0.3 is 6.18 Å². The van der Waals surface area contributed by atoms with Crippen LogP contribution in [0.15, 0.2) is 48.5 Å². The van der Waals surface area contributed by atoms with Crippen molar-refractivity contribution in [2.75, 3.05) is 13.1 Å². The number of hydrogen-bond acceptors (Lipinski definition) is 2. The van der Waals surface area contributed by atoms with Gasteiger partial charge in [-0.15, -0.1) is 0 Å². The van der Waals surface area contributed by atoms with E-state index in [0.29, 0.717) is 37.9 Å². The first kappa shape index (κ1) is 29.7. The van der Waals surface area contributed by atoms with Crippen LogP contribution in [0.3, 0.4) is 0 Å². The molecule has 0 spiro atoms. The zero-order chi connectivity index (χ0) is 23.4. The van der Waals surface area contributed by atoms with Gasteiger partial charge in [-0.2, -0.15) is 13.2 Å². The summed E-state index contributed by atoms with van der Waals surface area (Å²) in [4.78, 5) is 19.1. The molecule has 0 aromatic heterocycles. The van der Waals surface area contributed by atoms with Crippen LogP contribution < -0.4 is 10.6 Å². The van der Waals surface area contributed by atoms with Gasteiger partial charge in [0.05, 0.1) is 5.56 Å². The Kier molecular flexibility index (Phi) is 18.3. The molecule has 0 saturated heterocycles. The van der Waals surface area contributed by atoms with E-state index in [9.17, 15) is 22.8 Å². The molecule has 2 rings (SSSR count). The lowest BCUT2D eigenvalue weighted by Crippen LogP contribution is -2.25. The summed E-state index contributed by atoms with van der Waals surface area (Å²) in [6, 6.07) is 13.2. The molecule has 0 aliphatic heterocycles. The average molecular weight is 447 g/mol. The number of benzene rings is 2. The van der Waals surface area contributed by atoms with Gasteiger partial charge in [0.2, 0.25) is 12.8 Å². The third-order valence-electron chi connectivity index (χ3n) is 3.32. The lowest BCUT2D eigenvalue weighted by Gasteiger charge is -2.06. The van der Waals surface area contributed by atoms with Crippen LogP contribution >= 0.6 is 11.6 Å². The van der Waals surface area contributed by atoms with Crippen molar-refractivity contribution in [2.24, 2.45) is 0 Å². The molecular formula is C22H30ClF3N2O2. The predicted molar refractivity (Wildman–Crippen MR) is 116 cm³/mol. The highest BCUT2D eigenvalue weighted by Crippen LogP contribution is 2.29. The summed E-state index contributed by atoms with van der Waals surface area (Å²) in [6.45, 7) is 8.79. The van der Waals surface area contributed by atoms with E-state index in [4.69, 9.17) is 11.6 Å². The van der Waals surface area contributed by atoms with Crippen LogP contribution in [0.5, 0.6) is 0 Å². The van der Waals surface area contributed by atoms with Crippen molar-refractivity contribution in [2.45, 2.75) is 40.3 Å². The summed E-state index contributed by atoms with van der Waals surface area (Å²) in [7, 11) is 0. The summed E-state index contributed by atoms with van der Waals surface area (Å²) in [6.07, 6.45) is -2.41. The molecule has 2 amide bonds. The Labute approximate surface area is 181 Å². The number of halogens is 4. The number of carbonyl (C=O) groups is 2. The van der Waals surface area contributed by atoms with E-state index in [1.54, 1.807) is 6.07 Å². The van der Waals surface area contributed by atoms with Crippen molar-refractivity contribution in [3.8, 4) is 0 Å². The van der Waals surface area contributed by atoms with E-state index in [-0.39, 0.29) is 0 Å². The zero-order valence-corrected chi connectivity index (χ0v) is 18.5. The highest BCUT2D eigenvalue weighted by atomic mass is 35.5. The molecule has 0 unspecified atom stereocenters. The average Bonchev–Trinajstić information content (AvgIpc) is 2.75. The molecule has 0 radical (unpaired) electrons. The summed E-state index contributed by atoms with van der Waals surface area (Å²) < 4.78 is 36.3. The van der Waals surface area contributed by atoms with Crippen molar-refractivity contribution in [1.82, 2.24) is 10.6 Å². The van der Waals surface area contributed by atoms with Gasteiger partial charge in [0.15, 0.2) is 0 Å². The minimum Gasteiger partial charge on any atom is -0.357 e. The molecule has 0 fully saturated rings. The Morgan fingerprint density at radius 2 is 1.47 bits per heavy atom. The van der Waals surface area contributed by atoms with E-state index < -0.39 is 11.7 Å². The highest BCUT2D eigenvalue weighted by molar-refractivity contribution is 6.31. The Bertz CT molecular complexity index is 680. The largest absolute Gasteiger partial charge is 0.416 e. The van der Waals surface area contributed by atoms with Gasteiger partial charge in [0.1, 0.15) is 0 Å². The number of nitrogens with one attached hydrogen (secondary N) is 2. The molecule has 4 nitrogen and oxygen atoms in total. The number of carbonyl (C=O) groups excluding carboxylic acids is 2. The SMILES string of the molecule is CC.CCc1cccc(C(F)(F)F)c1.Cc1ccccc1Cl.O=CNCCNC=O. The fourth-order valence-electron chi connectivity index (χ4n) is 1.78. The van der Waals surface area contributed by atoms with Crippen LogP contribution in [-0.2, 0) is 22.2 Å². The fraction of sp³-hybridized carbons (Fsp3) is 0.364. The molecule has 0 aliphatic carbocycles. The summed E-state index contributed by atoms with van der Waals surface area (Å²) >= 11 is 5.71. The molecule has 0 saturated carbocycles. The van der Waals surface area contributed by atoms with E-state index in [1.165, 1.54) is 12.1 Å². The summed E-state index contributed by atoms with van der Waals surface area (Å²) in [5.74, 6) is 0. The molecule has 2 N–H and O–H groups in total. The first-order valence-electron chi connectivity index (χ1n) is 9.47. The van der Waals surface area contributed by atoms with Crippen molar-refractivity contribution >= 4 is 24.4 Å². The molecule has 0 aliphatic rings. The van der Waals surface area contributed by atoms with E-state index in [2.05, 4.69) is 10.6 Å². The zero-order valence-electron chi connectivity index (χ0n) is 17.7. The van der Waals surface area contributed by atoms with Gasteiger partial charge in [0, 0.05) is 18.1 Å². The Hall–Kier alpha value is -2.54. The molecule has 30 heavy (non-hydrogen) atoms. The second-order valence-corrected chi connectivity index (χ2v) is 5.85. The molecule has 8 heteroatoms. The van der Waals surface area contributed by atoms with Gasteiger partial charge in [0.25, 0.3) is 0 Å². The van der Waals surface area contributed by atoms with Crippen LogP contribution in [0.1, 0.15) is 37.5 Å². The molecule has 0 atom stereocenters. The Balaban J connectivity index is 0. The second kappa shape index (κ2) is 18.5. The van der Waals surface area contributed by atoms with Crippen molar-refractivity contribution in [1.29, 1.82) is 0 Å². The minimum atomic E-state index is -4.22. The minimum absolute atomic E-state index is 0.488. The number of rotatable bonds is 6. The number of amides is 2. The molecule has 168 valence electrons. The third-order valence-corrected chi connectivity index (χ3v) is 3.74. The maximum Gasteiger partial charge on any atom is 0.416 e. The molecule has 2 aromatic carbocycles. The molecule has 0 bridgehead atoms. The maximum atomic E-state index is 12.1. The first-order chi connectivity index (χ1) is 14.3. The standard InChI is InChI=1S/C9H9F3.C7H7Cl.C4H8N2O2.C2H6/c1-2-7-4-3-5-8(6-7)9(10,11)12;1-6-4-2-3-5-7(6)8;7-3-5-1-2-6-4-8;1-2/h3-6H,2H2,1H3;2-5H,1H3;3-4H,1-2H2,(H,5,7)(H,6,8);1-2H3. The number of alkyl halides is 3. The van der Waals surface area contributed by atoms with Gasteiger partial charge in [-0.05, 0) is 36.6 Å². The van der Waals surface area contributed by atoms with Crippen LogP contribution in [0.4, 0.5) is 13.2 Å². The Morgan fingerprint density at radius 3 is 1.83 bits per heavy atom. The third kappa shape index (κ3) is 15.4. The second-order valence-electron chi connectivity index (χ2n) is 5.44. The van der Waals surface area contributed by atoms with Crippen LogP contribution in [-0.4, -0.2) is 25.9 Å². The molecule has 0 heterocycles. The van der Waals surface area contributed by atoms with Gasteiger partial charge < -0.3 is 10.6 Å². The van der Waals surface area contributed by atoms with E-state index >= 15 is 0 Å². The van der Waals surface area contributed by atoms with Gasteiger partial charge in [-0.25, -0.2) is 0 Å². The Morgan fingerprint density at radius 1 is 0.933 bits per heavy atom. The van der Waals surface area contributed by atoms with Crippen LogP contribution in [0, 0.1) is 6.92 Å². The topological polar surface area (TPSA) is 58.2 Å². The van der Waals surface area contributed by atoms with Gasteiger partial charge in [-0.1, -0.05) is 68.8 Å². The normalized spacial score (nSPS) is 9.33. The number of hydrogen-bond donors (Lipinski definition) is 2. The number of aryl methyl sites for hydroxylation is 2. The van der Waals surface area contributed by atoms with E-state index in [0.717, 1.165) is 16.7 Å². The van der Waals surface area contributed by atoms with Crippen molar-refractivity contribution in [3.63, 3.8) is 0 Å². The van der Waals surface area contributed by atoms with Crippen LogP contribution in [0.2, 0.25) is 5.02 Å². The molecule has 2 aromatic rings. The van der Waals surface area contributed by atoms with E-state index in [1.807, 2.05) is 52.0 Å². The quantitative estimate of drug-likeness (QED) is 0.459. The monoisotopic (exact) mass is 446 g/mol. The smallest absolute Gasteiger partial charge is 0.357 e. The predicted octanol–water partition coefficient (Wildman–Crippen LogP) is 5.42. The maximum absolute atomic E-state index is 12.1. The lowest BCUT2D eigenvalue weighted by molar-refractivity contribution is -0.137.